The number of alkyl halides is 1. The lowest BCUT2D eigenvalue weighted by molar-refractivity contribution is -0.261. The molecular formula is C11H17FO7. The van der Waals surface area contributed by atoms with Crippen LogP contribution < -0.4 is 0 Å². The van der Waals surface area contributed by atoms with Crippen molar-refractivity contribution in [3.05, 3.63) is 0 Å². The molecule has 2 fully saturated rings. The molecule has 0 amide bonds. The zero-order valence-electron chi connectivity index (χ0n) is 10.6. The summed E-state index contributed by atoms with van der Waals surface area (Å²) in [6.07, 6.45) is -5.23. The van der Waals surface area contributed by atoms with Gasteiger partial charge in [0.1, 0.15) is 12.2 Å². The zero-order chi connectivity index (χ0) is 14.2. The molecule has 7 nitrogen and oxygen atoms in total. The molecule has 0 aromatic rings. The van der Waals surface area contributed by atoms with Crippen LogP contribution in [0.3, 0.4) is 0 Å². The van der Waals surface area contributed by atoms with Gasteiger partial charge in [0, 0.05) is 0 Å². The molecule has 0 bridgehead atoms. The minimum atomic E-state index is -1.32. The summed E-state index contributed by atoms with van der Waals surface area (Å²) in [4.78, 5) is 11.1. The SMILES string of the molecule is CC1(C)O[C@H]2O[C@@H](CO)[C@@H](O)[C@H](OC(=O)CF)[C@H]2O1. The summed E-state index contributed by atoms with van der Waals surface area (Å²) in [5.41, 5.74) is 0. The molecule has 2 aliphatic heterocycles. The number of aliphatic hydroxyl groups is 2. The van der Waals surface area contributed by atoms with E-state index in [1.165, 1.54) is 0 Å². The Kier molecular flexibility index (Phi) is 4.07. The highest BCUT2D eigenvalue weighted by atomic mass is 19.1. The maximum absolute atomic E-state index is 12.2. The van der Waals surface area contributed by atoms with Crippen LogP contribution in [0, 0.1) is 0 Å². The summed E-state index contributed by atoms with van der Waals surface area (Å²) in [7, 11) is 0. The largest absolute Gasteiger partial charge is 0.455 e. The van der Waals surface area contributed by atoms with Crippen molar-refractivity contribution in [3.63, 3.8) is 0 Å². The average molecular weight is 280 g/mol. The molecule has 8 heteroatoms. The van der Waals surface area contributed by atoms with Gasteiger partial charge in [0.25, 0.3) is 0 Å². The van der Waals surface area contributed by atoms with Gasteiger partial charge in [-0.25, -0.2) is 9.18 Å². The van der Waals surface area contributed by atoms with Crippen molar-refractivity contribution < 1.29 is 38.3 Å². The fourth-order valence-electron chi connectivity index (χ4n) is 2.21. The minimum Gasteiger partial charge on any atom is -0.455 e. The number of carbonyl (C=O) groups excluding carboxylic acids is 1. The zero-order valence-corrected chi connectivity index (χ0v) is 10.6. The Hall–Kier alpha value is -0.800. The van der Waals surface area contributed by atoms with Crippen LogP contribution in [0.1, 0.15) is 13.8 Å². The van der Waals surface area contributed by atoms with Crippen molar-refractivity contribution in [2.45, 2.75) is 50.3 Å². The first-order valence-electron chi connectivity index (χ1n) is 5.93. The molecule has 2 aliphatic rings. The van der Waals surface area contributed by atoms with Crippen LogP contribution in [0.4, 0.5) is 4.39 Å². The van der Waals surface area contributed by atoms with Gasteiger partial charge in [-0.3, -0.25) is 0 Å². The van der Waals surface area contributed by atoms with Crippen LogP contribution in [0.5, 0.6) is 0 Å². The average Bonchev–Trinajstić information content (AvgIpc) is 2.66. The molecule has 2 N–H and O–H groups in total. The van der Waals surface area contributed by atoms with Gasteiger partial charge in [-0.15, -0.1) is 0 Å². The van der Waals surface area contributed by atoms with Crippen LogP contribution in [-0.4, -0.2) is 66.0 Å². The lowest BCUT2D eigenvalue weighted by Crippen LogP contribution is -2.59. The van der Waals surface area contributed by atoms with E-state index >= 15 is 0 Å². The van der Waals surface area contributed by atoms with Gasteiger partial charge in [0.15, 0.2) is 31.0 Å². The first kappa shape index (κ1) is 14.6. The molecule has 0 saturated carbocycles. The van der Waals surface area contributed by atoms with E-state index in [0.29, 0.717) is 0 Å². The lowest BCUT2D eigenvalue weighted by atomic mass is 9.99. The van der Waals surface area contributed by atoms with Crippen molar-refractivity contribution in [2.24, 2.45) is 0 Å². The maximum atomic E-state index is 12.2. The molecular weight excluding hydrogens is 263 g/mol. The van der Waals surface area contributed by atoms with E-state index in [4.69, 9.17) is 24.1 Å². The number of carbonyl (C=O) groups is 1. The Morgan fingerprint density at radius 2 is 2.11 bits per heavy atom. The Labute approximate surface area is 109 Å². The van der Waals surface area contributed by atoms with Gasteiger partial charge in [0.2, 0.25) is 0 Å². The monoisotopic (exact) mass is 280 g/mol. The molecule has 0 radical (unpaired) electrons. The second-order valence-corrected chi connectivity index (χ2v) is 4.90. The molecule has 0 unspecified atom stereocenters. The number of aliphatic hydroxyl groups excluding tert-OH is 2. The summed E-state index contributed by atoms with van der Waals surface area (Å²) in [6, 6.07) is 0. The van der Waals surface area contributed by atoms with Crippen LogP contribution in [0.15, 0.2) is 0 Å². The number of halogens is 1. The number of esters is 1. The number of hydrogen-bond donors (Lipinski definition) is 2. The van der Waals surface area contributed by atoms with Crippen molar-refractivity contribution in [3.8, 4) is 0 Å². The first-order valence-corrected chi connectivity index (χ1v) is 5.93. The Morgan fingerprint density at radius 1 is 1.42 bits per heavy atom. The van der Waals surface area contributed by atoms with Crippen molar-refractivity contribution in [1.82, 2.24) is 0 Å². The first-order chi connectivity index (χ1) is 8.88. The van der Waals surface area contributed by atoms with Crippen LogP contribution in [0.25, 0.3) is 0 Å². The Bertz CT molecular complexity index is 348. The molecule has 2 saturated heterocycles. The molecule has 2 heterocycles. The third-order valence-electron chi connectivity index (χ3n) is 2.99. The van der Waals surface area contributed by atoms with Gasteiger partial charge in [-0.1, -0.05) is 0 Å². The van der Waals surface area contributed by atoms with E-state index in [1.807, 2.05) is 0 Å². The molecule has 110 valence electrons. The maximum Gasteiger partial charge on any atom is 0.338 e. The number of rotatable bonds is 3. The highest BCUT2D eigenvalue weighted by Crippen LogP contribution is 2.37. The molecule has 5 atom stereocenters. The quantitative estimate of drug-likeness (QED) is 0.647. The van der Waals surface area contributed by atoms with E-state index < -0.39 is 55.7 Å². The number of hydrogen-bond acceptors (Lipinski definition) is 7. The van der Waals surface area contributed by atoms with E-state index in [9.17, 15) is 14.3 Å². The Balaban J connectivity index is 2.18. The standard InChI is InChI=1S/C11H17FO7/c1-11(2)18-9-8(17-6(14)3-12)7(15)5(4-13)16-10(9)19-11/h5,7-10,13,15H,3-4H2,1-2H3/t5-,7+,8-,9+,10+/m0/s1. The predicted octanol–water partition coefficient (Wildman–Crippen LogP) is -0.903. The smallest absolute Gasteiger partial charge is 0.338 e. The van der Waals surface area contributed by atoms with Gasteiger partial charge in [0.05, 0.1) is 6.61 Å². The highest BCUT2D eigenvalue weighted by Gasteiger charge is 2.55. The van der Waals surface area contributed by atoms with E-state index in [0.717, 1.165) is 0 Å². The van der Waals surface area contributed by atoms with Crippen LogP contribution in [-0.2, 0) is 23.7 Å². The van der Waals surface area contributed by atoms with Crippen molar-refractivity contribution in [1.29, 1.82) is 0 Å². The Morgan fingerprint density at radius 3 is 2.68 bits per heavy atom. The third-order valence-corrected chi connectivity index (χ3v) is 2.99. The molecule has 19 heavy (non-hydrogen) atoms. The summed E-state index contributed by atoms with van der Waals surface area (Å²) in [5.74, 6) is -2.10. The van der Waals surface area contributed by atoms with Crippen molar-refractivity contribution >= 4 is 5.97 Å². The normalized spacial score (nSPS) is 40.8. The predicted molar refractivity (Wildman–Crippen MR) is 57.6 cm³/mol. The molecule has 0 spiro atoms. The summed E-state index contributed by atoms with van der Waals surface area (Å²) >= 11 is 0. The van der Waals surface area contributed by atoms with Gasteiger partial charge < -0.3 is 29.2 Å². The second-order valence-electron chi connectivity index (χ2n) is 4.90. The minimum absolute atomic E-state index is 0.488. The fraction of sp³-hybridized carbons (Fsp3) is 0.909. The van der Waals surface area contributed by atoms with Gasteiger partial charge >= 0.3 is 5.97 Å². The van der Waals surface area contributed by atoms with E-state index in [1.54, 1.807) is 13.8 Å². The topological polar surface area (TPSA) is 94.5 Å². The third kappa shape index (κ3) is 2.87. The molecule has 0 aromatic carbocycles. The highest BCUT2D eigenvalue weighted by molar-refractivity contribution is 5.70. The number of ether oxygens (including phenoxy) is 4. The second kappa shape index (κ2) is 5.29. The van der Waals surface area contributed by atoms with Gasteiger partial charge in [-0.2, -0.15) is 0 Å². The lowest BCUT2D eigenvalue weighted by Gasteiger charge is -2.38. The van der Waals surface area contributed by atoms with Gasteiger partial charge in [-0.05, 0) is 13.8 Å². The molecule has 2 rings (SSSR count). The summed E-state index contributed by atoms with van der Waals surface area (Å²) in [5, 5.41) is 19.1. The van der Waals surface area contributed by atoms with Crippen LogP contribution in [0.2, 0.25) is 0 Å². The van der Waals surface area contributed by atoms with Crippen LogP contribution >= 0.6 is 0 Å². The van der Waals surface area contributed by atoms with E-state index in [-0.39, 0.29) is 0 Å². The van der Waals surface area contributed by atoms with Crippen molar-refractivity contribution in [2.75, 3.05) is 13.3 Å². The number of fused-ring (bicyclic) bond motifs is 1. The summed E-state index contributed by atoms with van der Waals surface area (Å²) < 4.78 is 33.3. The summed E-state index contributed by atoms with van der Waals surface area (Å²) in [6.45, 7) is 1.46. The fourth-order valence-corrected chi connectivity index (χ4v) is 2.21. The molecule has 0 aromatic heterocycles. The van der Waals surface area contributed by atoms with E-state index in [2.05, 4.69) is 0 Å². The molecule has 0 aliphatic carbocycles.